The van der Waals surface area contributed by atoms with E-state index in [0.29, 0.717) is 11.5 Å². The maximum absolute atomic E-state index is 13.4. The summed E-state index contributed by atoms with van der Waals surface area (Å²) < 4.78 is 20.8. The van der Waals surface area contributed by atoms with E-state index in [4.69, 9.17) is 10.2 Å². The molecule has 0 saturated heterocycles. The molecule has 0 aliphatic rings. The Hall–Kier alpha value is -3.28. The zero-order valence-electron chi connectivity index (χ0n) is 16.2. The van der Waals surface area contributed by atoms with Crippen molar-refractivity contribution in [1.82, 2.24) is 9.38 Å². The number of oxazole rings is 1. The van der Waals surface area contributed by atoms with Gasteiger partial charge in [-0.3, -0.25) is 4.40 Å². The highest BCUT2D eigenvalue weighted by Crippen LogP contribution is 2.36. The van der Waals surface area contributed by atoms with Crippen LogP contribution >= 0.6 is 0 Å². The quantitative estimate of drug-likeness (QED) is 0.464. The van der Waals surface area contributed by atoms with Gasteiger partial charge in [-0.1, -0.05) is 26.8 Å². The number of benzene rings is 2. The maximum atomic E-state index is 13.4. The van der Waals surface area contributed by atoms with Gasteiger partial charge in [-0.05, 0) is 41.8 Å². The lowest BCUT2D eigenvalue weighted by Gasteiger charge is -2.21. The Kier molecular flexibility index (Phi) is 4.34. The maximum Gasteiger partial charge on any atom is 0.306 e. The van der Waals surface area contributed by atoms with Crippen LogP contribution in [0.5, 0.6) is 0 Å². The molecule has 144 valence electrons. The minimum atomic E-state index is -0.283. The molecule has 0 radical (unpaired) electrons. The minimum Gasteiger partial charge on any atom is -0.432 e. The van der Waals surface area contributed by atoms with Gasteiger partial charge < -0.3 is 15.5 Å². The topological polar surface area (TPSA) is 68.5 Å². The molecule has 0 spiro atoms. The molecule has 6 heteroatoms. The fraction of sp³-hybridized carbons (Fsp3) is 0.227. The number of imidazole rings is 1. The third-order valence-electron chi connectivity index (χ3n) is 4.52. The molecule has 3 N–H and O–H groups in total. The monoisotopic (exact) mass is 378 g/mol. The van der Waals surface area contributed by atoms with Crippen molar-refractivity contribution in [1.29, 1.82) is 0 Å². The first-order valence-corrected chi connectivity index (χ1v) is 9.17. The van der Waals surface area contributed by atoms with Crippen LogP contribution in [0.15, 0.2) is 59.3 Å². The second kappa shape index (κ2) is 6.71. The molecule has 28 heavy (non-hydrogen) atoms. The van der Waals surface area contributed by atoms with Crippen LogP contribution in [0.2, 0.25) is 0 Å². The summed E-state index contributed by atoms with van der Waals surface area (Å²) in [4.78, 5) is 4.61. The number of halogens is 1. The van der Waals surface area contributed by atoms with Gasteiger partial charge in [0.05, 0.1) is 17.1 Å². The van der Waals surface area contributed by atoms with E-state index in [0.717, 1.165) is 34.7 Å². The van der Waals surface area contributed by atoms with Crippen molar-refractivity contribution in [2.75, 3.05) is 17.6 Å². The number of nitrogens with zero attached hydrogens (tertiary/aromatic N) is 2. The zero-order valence-corrected chi connectivity index (χ0v) is 16.2. The molecule has 0 atom stereocenters. The molecule has 0 fully saturated rings. The molecule has 4 aromatic rings. The highest BCUT2D eigenvalue weighted by atomic mass is 19.1. The van der Waals surface area contributed by atoms with Gasteiger partial charge in [0.1, 0.15) is 17.8 Å². The average molecular weight is 378 g/mol. The van der Waals surface area contributed by atoms with E-state index in [1.165, 1.54) is 12.1 Å². The lowest BCUT2D eigenvalue weighted by atomic mass is 9.96. The third-order valence-corrected chi connectivity index (χ3v) is 4.52. The van der Waals surface area contributed by atoms with Crippen molar-refractivity contribution in [2.24, 2.45) is 5.41 Å². The molecule has 0 amide bonds. The molecule has 0 saturated carbocycles. The van der Waals surface area contributed by atoms with Gasteiger partial charge in [-0.2, -0.15) is 4.98 Å². The normalized spacial score (nSPS) is 11.9. The molecular formula is C22H23FN4O. The van der Waals surface area contributed by atoms with Crippen LogP contribution in [0.25, 0.3) is 28.4 Å². The van der Waals surface area contributed by atoms with E-state index in [-0.39, 0.29) is 11.2 Å². The van der Waals surface area contributed by atoms with Crippen LogP contribution in [0.1, 0.15) is 20.8 Å². The first kappa shape index (κ1) is 18.1. The Morgan fingerprint density at radius 2 is 1.82 bits per heavy atom. The smallest absolute Gasteiger partial charge is 0.306 e. The molecule has 4 rings (SSSR count). The molecule has 2 aromatic carbocycles. The minimum absolute atomic E-state index is 0.121. The van der Waals surface area contributed by atoms with Crippen LogP contribution in [0.3, 0.4) is 0 Å². The van der Waals surface area contributed by atoms with Crippen molar-refractivity contribution in [3.63, 3.8) is 0 Å². The van der Waals surface area contributed by atoms with Gasteiger partial charge in [0, 0.05) is 23.9 Å². The fourth-order valence-electron chi connectivity index (χ4n) is 3.09. The van der Waals surface area contributed by atoms with Gasteiger partial charge in [0.25, 0.3) is 0 Å². The summed E-state index contributed by atoms with van der Waals surface area (Å²) in [6.07, 6.45) is 3.42. The second-order valence-corrected chi connectivity index (χ2v) is 8.09. The van der Waals surface area contributed by atoms with E-state index in [1.807, 2.05) is 28.8 Å². The summed E-state index contributed by atoms with van der Waals surface area (Å²) in [7, 11) is 0. The standard InChI is InChI=1S/C22H23FN4O/c1-22(2,3)13-25-18-12-15(6-9-17(18)24)20-19(14-4-7-16(23)8-5-14)26-21-27(20)10-11-28-21/h4-12,25H,13,24H2,1-3H3. The number of anilines is 2. The van der Waals surface area contributed by atoms with E-state index in [2.05, 4.69) is 31.1 Å². The lowest BCUT2D eigenvalue weighted by molar-refractivity contribution is 0.443. The Morgan fingerprint density at radius 3 is 2.54 bits per heavy atom. The highest BCUT2D eigenvalue weighted by Gasteiger charge is 2.19. The molecule has 0 unspecified atom stereocenters. The van der Waals surface area contributed by atoms with E-state index in [9.17, 15) is 4.39 Å². The van der Waals surface area contributed by atoms with Gasteiger partial charge in [0.15, 0.2) is 0 Å². The van der Waals surface area contributed by atoms with Crippen molar-refractivity contribution < 1.29 is 8.81 Å². The Balaban J connectivity index is 1.83. The zero-order chi connectivity index (χ0) is 19.9. The lowest BCUT2D eigenvalue weighted by Crippen LogP contribution is -2.19. The third kappa shape index (κ3) is 3.45. The second-order valence-electron chi connectivity index (χ2n) is 8.09. The molecule has 2 aromatic heterocycles. The van der Waals surface area contributed by atoms with Gasteiger partial charge in [0.2, 0.25) is 0 Å². The number of nitrogens with two attached hydrogens (primary N) is 1. The Bertz CT molecular complexity index is 1120. The van der Waals surface area contributed by atoms with Gasteiger partial charge >= 0.3 is 5.84 Å². The molecule has 2 heterocycles. The molecule has 0 aliphatic heterocycles. The number of nitrogens with one attached hydrogen (secondary N) is 1. The SMILES string of the molecule is CC(C)(C)CNc1cc(-c2c(-c3ccc(F)cc3)nc3occn23)ccc1N. The molecule has 0 bridgehead atoms. The molecule has 0 aliphatic carbocycles. The first-order valence-electron chi connectivity index (χ1n) is 9.17. The largest absolute Gasteiger partial charge is 0.432 e. The summed E-state index contributed by atoms with van der Waals surface area (Å²) in [6, 6.07) is 12.2. The van der Waals surface area contributed by atoms with E-state index >= 15 is 0 Å². The highest BCUT2D eigenvalue weighted by molar-refractivity contribution is 5.84. The van der Waals surface area contributed by atoms with Crippen molar-refractivity contribution in [3.8, 4) is 22.5 Å². The van der Waals surface area contributed by atoms with Gasteiger partial charge in [-0.15, -0.1) is 0 Å². The van der Waals surface area contributed by atoms with Crippen LogP contribution < -0.4 is 11.1 Å². The predicted octanol–water partition coefficient (Wildman–Crippen LogP) is 5.44. The average Bonchev–Trinajstić information content (AvgIpc) is 3.22. The number of nitrogen functional groups attached to an aromatic ring is 1. The Morgan fingerprint density at radius 1 is 1.11 bits per heavy atom. The first-order chi connectivity index (χ1) is 13.3. The van der Waals surface area contributed by atoms with E-state index < -0.39 is 0 Å². The van der Waals surface area contributed by atoms with Crippen molar-refractivity contribution in [3.05, 3.63) is 60.7 Å². The van der Waals surface area contributed by atoms with E-state index in [1.54, 1.807) is 18.4 Å². The van der Waals surface area contributed by atoms with Gasteiger partial charge in [-0.25, -0.2) is 4.39 Å². The molecular weight excluding hydrogens is 355 g/mol. The number of hydrogen-bond donors (Lipinski definition) is 2. The Labute approximate surface area is 163 Å². The fourth-order valence-corrected chi connectivity index (χ4v) is 3.09. The number of rotatable bonds is 4. The summed E-state index contributed by atoms with van der Waals surface area (Å²) >= 11 is 0. The van der Waals surface area contributed by atoms with Crippen LogP contribution in [-0.4, -0.2) is 15.9 Å². The summed E-state index contributed by atoms with van der Waals surface area (Å²) in [6.45, 7) is 7.29. The number of hydrogen-bond acceptors (Lipinski definition) is 4. The number of aromatic nitrogens is 2. The van der Waals surface area contributed by atoms with Crippen molar-refractivity contribution in [2.45, 2.75) is 20.8 Å². The predicted molar refractivity (Wildman–Crippen MR) is 111 cm³/mol. The van der Waals surface area contributed by atoms with Crippen molar-refractivity contribution >= 4 is 17.2 Å². The van der Waals surface area contributed by atoms with Crippen LogP contribution in [0.4, 0.5) is 15.8 Å². The summed E-state index contributed by atoms with van der Waals surface area (Å²) in [5, 5.41) is 3.44. The number of fused-ring (bicyclic) bond motifs is 1. The van der Waals surface area contributed by atoms with Crippen LogP contribution in [0, 0.1) is 11.2 Å². The summed E-state index contributed by atoms with van der Waals surface area (Å²) in [5.41, 5.74) is 11.2. The molecule has 5 nitrogen and oxygen atoms in total. The summed E-state index contributed by atoms with van der Waals surface area (Å²) in [5.74, 6) is 0.199. The van der Waals surface area contributed by atoms with Crippen LogP contribution in [-0.2, 0) is 0 Å².